The van der Waals surface area contributed by atoms with Gasteiger partial charge < -0.3 is 10.6 Å². The van der Waals surface area contributed by atoms with Crippen LogP contribution in [0.15, 0.2) is 12.4 Å². The molecule has 0 aliphatic carbocycles. The van der Waals surface area contributed by atoms with Gasteiger partial charge in [-0.3, -0.25) is 10.00 Å². The number of aromatic nitrogens is 2. The van der Waals surface area contributed by atoms with Crippen molar-refractivity contribution < 1.29 is 0 Å². The van der Waals surface area contributed by atoms with Crippen LogP contribution in [0, 0.1) is 0 Å². The van der Waals surface area contributed by atoms with Crippen molar-refractivity contribution in [3.05, 3.63) is 18.0 Å². The van der Waals surface area contributed by atoms with Crippen LogP contribution in [-0.4, -0.2) is 53.4 Å². The van der Waals surface area contributed by atoms with Crippen molar-refractivity contribution in [3.63, 3.8) is 0 Å². The van der Waals surface area contributed by atoms with Crippen LogP contribution in [0.5, 0.6) is 0 Å². The number of nitrogens with one attached hydrogen (secondary N) is 3. The summed E-state index contributed by atoms with van der Waals surface area (Å²) < 4.78 is 0. The van der Waals surface area contributed by atoms with Gasteiger partial charge in [-0.15, -0.1) is 0 Å². The second kappa shape index (κ2) is 4.76. The van der Waals surface area contributed by atoms with Gasteiger partial charge in [0, 0.05) is 43.5 Å². The van der Waals surface area contributed by atoms with E-state index in [0.29, 0.717) is 5.54 Å². The maximum Gasteiger partial charge on any atom is 0.0532 e. The number of piperazine rings is 1. The first-order chi connectivity index (χ1) is 8.39. The van der Waals surface area contributed by atoms with Crippen molar-refractivity contribution in [1.29, 1.82) is 0 Å². The van der Waals surface area contributed by atoms with E-state index in [0.717, 1.165) is 39.3 Å². The Kier molecular flexibility index (Phi) is 3.13. The zero-order valence-corrected chi connectivity index (χ0v) is 10.2. The molecule has 0 atom stereocenters. The number of nitrogens with zero attached hydrogens (tertiary/aromatic N) is 2. The van der Waals surface area contributed by atoms with Gasteiger partial charge in [0.1, 0.15) is 0 Å². The molecule has 1 aromatic rings. The number of rotatable bonds is 2. The number of hydrogen-bond donors (Lipinski definition) is 3. The molecule has 1 aromatic heterocycles. The number of piperidine rings is 1. The fraction of sp³-hybridized carbons (Fsp3) is 0.750. The molecule has 2 fully saturated rings. The fourth-order valence-corrected chi connectivity index (χ4v) is 3.10. The quantitative estimate of drug-likeness (QED) is 0.672. The number of H-pyrrole nitrogens is 1. The average Bonchev–Trinajstić information content (AvgIpc) is 2.86. The highest BCUT2D eigenvalue weighted by Gasteiger charge is 2.39. The SMILES string of the molecule is c1n[nH]cc1CN1CCNCC12CCNCC2. The molecule has 0 unspecified atom stereocenters. The molecule has 0 aromatic carbocycles. The molecule has 0 saturated carbocycles. The Bertz CT molecular complexity index is 334. The van der Waals surface area contributed by atoms with Gasteiger partial charge in [0.25, 0.3) is 0 Å². The first-order valence-corrected chi connectivity index (χ1v) is 6.53. The molecule has 1 spiro atoms. The Morgan fingerprint density at radius 2 is 2.12 bits per heavy atom. The van der Waals surface area contributed by atoms with E-state index >= 15 is 0 Å². The van der Waals surface area contributed by atoms with Crippen LogP contribution in [0.25, 0.3) is 0 Å². The maximum atomic E-state index is 4.04. The Labute approximate surface area is 102 Å². The average molecular weight is 235 g/mol. The van der Waals surface area contributed by atoms with Crippen LogP contribution in [-0.2, 0) is 6.54 Å². The van der Waals surface area contributed by atoms with Crippen molar-refractivity contribution in [2.75, 3.05) is 32.7 Å². The summed E-state index contributed by atoms with van der Waals surface area (Å²) in [6.45, 7) is 6.69. The van der Waals surface area contributed by atoms with Crippen LogP contribution in [0.1, 0.15) is 18.4 Å². The van der Waals surface area contributed by atoms with E-state index in [1.165, 1.54) is 18.4 Å². The summed E-state index contributed by atoms with van der Waals surface area (Å²) in [4.78, 5) is 2.65. The van der Waals surface area contributed by atoms with E-state index < -0.39 is 0 Å². The zero-order valence-electron chi connectivity index (χ0n) is 10.2. The van der Waals surface area contributed by atoms with Crippen molar-refractivity contribution in [3.8, 4) is 0 Å². The lowest BCUT2D eigenvalue weighted by Gasteiger charge is -2.50. The lowest BCUT2D eigenvalue weighted by atomic mass is 9.84. The predicted molar refractivity (Wildman–Crippen MR) is 66.7 cm³/mol. The van der Waals surface area contributed by atoms with Gasteiger partial charge in [-0.05, 0) is 25.9 Å². The number of aromatic amines is 1. The molecule has 17 heavy (non-hydrogen) atoms. The number of hydrogen-bond acceptors (Lipinski definition) is 4. The lowest BCUT2D eigenvalue weighted by molar-refractivity contribution is 0.0263. The van der Waals surface area contributed by atoms with Gasteiger partial charge in [0.15, 0.2) is 0 Å². The minimum atomic E-state index is 0.362. The van der Waals surface area contributed by atoms with Gasteiger partial charge in [-0.25, -0.2) is 0 Å². The van der Waals surface area contributed by atoms with Crippen LogP contribution in [0.3, 0.4) is 0 Å². The van der Waals surface area contributed by atoms with E-state index in [4.69, 9.17) is 0 Å². The second-order valence-corrected chi connectivity index (χ2v) is 5.18. The molecule has 94 valence electrons. The van der Waals surface area contributed by atoms with Gasteiger partial charge in [0.2, 0.25) is 0 Å². The summed E-state index contributed by atoms with van der Waals surface area (Å²) in [5, 5.41) is 14.0. The second-order valence-electron chi connectivity index (χ2n) is 5.18. The Morgan fingerprint density at radius 1 is 1.24 bits per heavy atom. The monoisotopic (exact) mass is 235 g/mol. The van der Waals surface area contributed by atoms with Crippen LogP contribution >= 0.6 is 0 Å². The molecule has 3 N–H and O–H groups in total. The molecule has 0 amide bonds. The molecule has 2 aliphatic heterocycles. The highest BCUT2D eigenvalue weighted by molar-refractivity contribution is 5.07. The minimum Gasteiger partial charge on any atom is -0.317 e. The first-order valence-electron chi connectivity index (χ1n) is 6.53. The van der Waals surface area contributed by atoms with E-state index in [2.05, 4.69) is 25.7 Å². The smallest absolute Gasteiger partial charge is 0.0532 e. The van der Waals surface area contributed by atoms with Gasteiger partial charge in [-0.1, -0.05) is 0 Å². The maximum absolute atomic E-state index is 4.04. The van der Waals surface area contributed by atoms with Gasteiger partial charge in [-0.2, -0.15) is 5.10 Å². The molecule has 5 nitrogen and oxygen atoms in total. The van der Waals surface area contributed by atoms with E-state index in [9.17, 15) is 0 Å². The normalized spacial score (nSPS) is 25.2. The molecular formula is C12H21N5. The summed E-state index contributed by atoms with van der Waals surface area (Å²) >= 11 is 0. The summed E-state index contributed by atoms with van der Waals surface area (Å²) in [5.41, 5.74) is 1.66. The van der Waals surface area contributed by atoms with Crippen LogP contribution in [0.2, 0.25) is 0 Å². The van der Waals surface area contributed by atoms with E-state index in [1.54, 1.807) is 0 Å². The Hall–Kier alpha value is -0.910. The molecule has 5 heteroatoms. The Balaban J connectivity index is 1.75. The third kappa shape index (κ3) is 2.22. The van der Waals surface area contributed by atoms with E-state index in [-0.39, 0.29) is 0 Å². The molecule has 2 aliphatic rings. The summed E-state index contributed by atoms with van der Waals surface area (Å²) in [6, 6.07) is 0. The third-order valence-electron chi connectivity index (χ3n) is 4.15. The summed E-state index contributed by atoms with van der Waals surface area (Å²) in [7, 11) is 0. The molecular weight excluding hydrogens is 214 g/mol. The molecule has 2 saturated heterocycles. The molecule has 3 rings (SSSR count). The topological polar surface area (TPSA) is 56.0 Å². The summed E-state index contributed by atoms with van der Waals surface area (Å²) in [6.07, 6.45) is 6.45. The Morgan fingerprint density at radius 3 is 2.88 bits per heavy atom. The van der Waals surface area contributed by atoms with Crippen LogP contribution < -0.4 is 10.6 Å². The van der Waals surface area contributed by atoms with Gasteiger partial charge in [0.05, 0.1) is 6.20 Å². The largest absolute Gasteiger partial charge is 0.317 e. The highest BCUT2D eigenvalue weighted by Crippen LogP contribution is 2.28. The van der Waals surface area contributed by atoms with Crippen molar-refractivity contribution in [2.45, 2.75) is 24.9 Å². The minimum absolute atomic E-state index is 0.362. The van der Waals surface area contributed by atoms with Crippen molar-refractivity contribution >= 4 is 0 Å². The predicted octanol–water partition coefficient (Wildman–Crippen LogP) is -0.0629. The lowest BCUT2D eigenvalue weighted by Crippen LogP contribution is -2.64. The third-order valence-corrected chi connectivity index (χ3v) is 4.15. The standard InChI is InChI=1S/C12H21N5/c1-3-13-4-2-12(1)10-14-5-6-17(12)9-11-7-15-16-8-11/h7-8,13-14H,1-6,9-10H2,(H,15,16). The first kappa shape index (κ1) is 11.2. The van der Waals surface area contributed by atoms with Crippen molar-refractivity contribution in [2.24, 2.45) is 0 Å². The van der Waals surface area contributed by atoms with Crippen molar-refractivity contribution in [1.82, 2.24) is 25.7 Å². The molecule has 0 bridgehead atoms. The van der Waals surface area contributed by atoms with E-state index in [1.807, 2.05) is 12.4 Å². The molecule has 0 radical (unpaired) electrons. The van der Waals surface area contributed by atoms with Crippen LogP contribution in [0.4, 0.5) is 0 Å². The molecule has 3 heterocycles. The highest BCUT2D eigenvalue weighted by atomic mass is 15.3. The fourth-order valence-electron chi connectivity index (χ4n) is 3.10. The summed E-state index contributed by atoms with van der Waals surface area (Å²) in [5.74, 6) is 0. The van der Waals surface area contributed by atoms with Gasteiger partial charge >= 0.3 is 0 Å². The zero-order chi connectivity index (χ0) is 11.6.